The number of hydrogen-bond donors (Lipinski definition) is 0. The fourth-order valence-electron chi connectivity index (χ4n) is 3.11. The van der Waals surface area contributed by atoms with Crippen LogP contribution in [0.3, 0.4) is 0 Å². The number of pyridine rings is 1. The second-order valence-electron chi connectivity index (χ2n) is 5.74. The van der Waals surface area contributed by atoms with Gasteiger partial charge in [0.2, 0.25) is 0 Å². The van der Waals surface area contributed by atoms with Crippen molar-refractivity contribution in [1.82, 2.24) is 9.88 Å². The van der Waals surface area contributed by atoms with Crippen molar-refractivity contribution in [3.8, 4) is 0 Å². The van der Waals surface area contributed by atoms with Crippen LogP contribution in [0.1, 0.15) is 31.4 Å². The van der Waals surface area contributed by atoms with Crippen molar-refractivity contribution in [3.05, 3.63) is 58.4 Å². The Labute approximate surface area is 146 Å². The highest BCUT2D eigenvalue weighted by molar-refractivity contribution is 6.62. The molecule has 0 unspecified atom stereocenters. The lowest BCUT2D eigenvalue weighted by atomic mass is 9.87. The van der Waals surface area contributed by atoms with Gasteiger partial charge in [0.05, 0.1) is 5.69 Å². The monoisotopic (exact) mass is 348 g/mol. The molecule has 1 fully saturated rings. The van der Waals surface area contributed by atoms with Gasteiger partial charge in [0.25, 0.3) is 0 Å². The lowest BCUT2D eigenvalue weighted by Crippen LogP contribution is -2.33. The first-order chi connectivity index (χ1) is 11.1. The number of aromatic nitrogens is 1. The van der Waals surface area contributed by atoms with E-state index in [4.69, 9.17) is 23.2 Å². The summed E-state index contributed by atoms with van der Waals surface area (Å²) in [6.07, 6.45) is 9.34. The minimum absolute atomic E-state index is 0.366. The number of hydrogen-bond acceptors (Lipinski definition) is 2. The maximum atomic E-state index is 11.3. The van der Waals surface area contributed by atoms with Crippen molar-refractivity contribution < 1.29 is 4.79 Å². The van der Waals surface area contributed by atoms with Crippen LogP contribution < -0.4 is 0 Å². The van der Waals surface area contributed by atoms with E-state index in [2.05, 4.69) is 11.1 Å². The number of nitrogens with zero attached hydrogens (tertiary/aromatic N) is 2. The van der Waals surface area contributed by atoms with Gasteiger partial charge < -0.3 is 4.90 Å². The molecule has 0 bridgehead atoms. The molecule has 1 aliphatic carbocycles. The van der Waals surface area contributed by atoms with Crippen LogP contribution in [0.5, 0.6) is 0 Å². The van der Waals surface area contributed by atoms with Gasteiger partial charge in [-0.15, -0.1) is 0 Å². The molecule has 3 nitrogen and oxygen atoms in total. The van der Waals surface area contributed by atoms with Gasteiger partial charge in [0.15, 0.2) is 0 Å². The predicted molar refractivity (Wildman–Crippen MR) is 94.5 cm³/mol. The maximum Gasteiger partial charge on any atom is 0.316 e. The van der Waals surface area contributed by atoms with E-state index < -0.39 is 0 Å². The van der Waals surface area contributed by atoms with Crippen LogP contribution in [0.2, 0.25) is 0 Å². The Bertz CT molecular complexity index is 682. The van der Waals surface area contributed by atoms with Gasteiger partial charge in [-0.05, 0) is 61.1 Å². The van der Waals surface area contributed by atoms with Gasteiger partial charge in [-0.1, -0.05) is 29.3 Å². The predicted octanol–water partition coefficient (Wildman–Crippen LogP) is 5.13. The average molecular weight is 349 g/mol. The molecule has 0 spiro atoms. The van der Waals surface area contributed by atoms with E-state index in [0.717, 1.165) is 36.4 Å². The van der Waals surface area contributed by atoms with E-state index in [0.29, 0.717) is 13.1 Å². The van der Waals surface area contributed by atoms with Crippen LogP contribution in [0, 0.1) is 0 Å². The van der Waals surface area contributed by atoms with Crippen LogP contribution in [-0.2, 0) is 0 Å². The number of rotatable bonds is 2. The number of allylic oxidation sites excluding steroid dienone is 5. The van der Waals surface area contributed by atoms with Crippen molar-refractivity contribution in [3.63, 3.8) is 0 Å². The largest absolute Gasteiger partial charge is 0.329 e. The first kappa shape index (κ1) is 16.3. The Morgan fingerprint density at radius 3 is 2.43 bits per heavy atom. The Hall–Kier alpha value is -1.58. The molecular weight excluding hydrogens is 331 g/mol. The standard InChI is InChI=1S/C18H18Cl2N2O/c19-15-6-4-13(5-7-15)17(16-3-1-2-10-21-16)14-8-11-22(12-9-14)18(20)23/h1-4,6,10H,5,7-9,11-12H2. The van der Waals surface area contributed by atoms with Crippen molar-refractivity contribution in [2.24, 2.45) is 0 Å². The summed E-state index contributed by atoms with van der Waals surface area (Å²) in [6.45, 7) is 1.33. The quantitative estimate of drug-likeness (QED) is 0.548. The molecule has 2 aliphatic rings. The average Bonchev–Trinajstić information content (AvgIpc) is 2.58. The molecule has 3 rings (SSSR count). The molecule has 1 aromatic rings. The molecular formula is C18H18Cl2N2O. The van der Waals surface area contributed by atoms with E-state index in [-0.39, 0.29) is 5.37 Å². The minimum Gasteiger partial charge on any atom is -0.329 e. The van der Waals surface area contributed by atoms with Crippen molar-refractivity contribution >= 4 is 34.1 Å². The summed E-state index contributed by atoms with van der Waals surface area (Å²) in [5.74, 6) is 0. The molecule has 23 heavy (non-hydrogen) atoms. The van der Waals surface area contributed by atoms with Gasteiger partial charge >= 0.3 is 5.37 Å². The first-order valence-electron chi connectivity index (χ1n) is 7.78. The zero-order valence-electron chi connectivity index (χ0n) is 12.8. The van der Waals surface area contributed by atoms with Crippen molar-refractivity contribution in [2.45, 2.75) is 25.7 Å². The summed E-state index contributed by atoms with van der Waals surface area (Å²) < 4.78 is 0. The lowest BCUT2D eigenvalue weighted by molar-refractivity contribution is 0.218. The topological polar surface area (TPSA) is 33.2 Å². The summed E-state index contributed by atoms with van der Waals surface area (Å²) in [4.78, 5) is 17.5. The van der Waals surface area contributed by atoms with Crippen LogP contribution in [0.25, 0.3) is 5.57 Å². The molecule has 0 atom stereocenters. The Kier molecular flexibility index (Phi) is 5.19. The molecule has 5 heteroatoms. The van der Waals surface area contributed by atoms with Gasteiger partial charge in [0, 0.05) is 29.9 Å². The SMILES string of the molecule is O=C(Cl)N1CCC(=C(C2=CC=C(Cl)CC2)c2ccccn2)CC1. The highest BCUT2D eigenvalue weighted by Gasteiger charge is 2.23. The molecule has 2 heterocycles. The number of carbonyl (C=O) groups excluding carboxylic acids is 1. The number of amides is 1. The van der Waals surface area contributed by atoms with Crippen molar-refractivity contribution in [1.29, 1.82) is 0 Å². The van der Waals surface area contributed by atoms with Gasteiger partial charge in [0.1, 0.15) is 0 Å². The second kappa shape index (κ2) is 7.33. The van der Waals surface area contributed by atoms with Gasteiger partial charge in [-0.2, -0.15) is 0 Å². The summed E-state index contributed by atoms with van der Waals surface area (Å²) >= 11 is 11.7. The van der Waals surface area contributed by atoms with E-state index in [1.165, 1.54) is 16.7 Å². The molecule has 0 radical (unpaired) electrons. The highest BCUT2D eigenvalue weighted by atomic mass is 35.5. The molecule has 0 aromatic carbocycles. The number of carbonyl (C=O) groups is 1. The van der Waals surface area contributed by atoms with E-state index in [9.17, 15) is 4.79 Å². The van der Waals surface area contributed by atoms with Gasteiger partial charge in [-0.3, -0.25) is 9.78 Å². The third kappa shape index (κ3) is 3.85. The van der Waals surface area contributed by atoms with Crippen LogP contribution in [-0.4, -0.2) is 28.3 Å². The molecule has 1 saturated heterocycles. The smallest absolute Gasteiger partial charge is 0.316 e. The minimum atomic E-state index is -0.366. The fraction of sp³-hybridized carbons (Fsp3) is 0.333. The molecule has 120 valence electrons. The molecule has 0 N–H and O–H groups in total. The highest BCUT2D eigenvalue weighted by Crippen LogP contribution is 2.36. The summed E-state index contributed by atoms with van der Waals surface area (Å²) in [7, 11) is 0. The van der Waals surface area contributed by atoms with E-state index >= 15 is 0 Å². The molecule has 0 saturated carbocycles. The Morgan fingerprint density at radius 1 is 1.09 bits per heavy atom. The zero-order valence-corrected chi connectivity index (χ0v) is 14.3. The third-order valence-corrected chi connectivity index (χ3v) is 4.86. The third-order valence-electron chi connectivity index (χ3n) is 4.31. The normalized spacial score (nSPS) is 18.3. The summed E-state index contributed by atoms with van der Waals surface area (Å²) in [6, 6.07) is 5.97. The Morgan fingerprint density at radius 2 is 1.87 bits per heavy atom. The second-order valence-corrected chi connectivity index (χ2v) is 6.55. The fourth-order valence-corrected chi connectivity index (χ4v) is 3.43. The van der Waals surface area contributed by atoms with Gasteiger partial charge in [-0.25, -0.2) is 0 Å². The summed E-state index contributed by atoms with van der Waals surface area (Å²) in [5.41, 5.74) is 4.82. The van der Waals surface area contributed by atoms with Crippen LogP contribution >= 0.6 is 23.2 Å². The van der Waals surface area contributed by atoms with E-state index in [1.54, 1.807) is 4.90 Å². The zero-order chi connectivity index (χ0) is 16.2. The summed E-state index contributed by atoms with van der Waals surface area (Å²) in [5, 5.41) is 0.525. The maximum absolute atomic E-state index is 11.3. The van der Waals surface area contributed by atoms with Crippen LogP contribution in [0.4, 0.5) is 4.79 Å². The first-order valence-corrected chi connectivity index (χ1v) is 8.54. The molecule has 1 aromatic heterocycles. The number of piperidine rings is 1. The Balaban J connectivity index is 1.97. The molecule has 1 amide bonds. The van der Waals surface area contributed by atoms with E-state index in [1.807, 2.05) is 30.5 Å². The number of halogens is 2. The number of likely N-dealkylation sites (tertiary alicyclic amines) is 1. The molecule has 1 aliphatic heterocycles. The van der Waals surface area contributed by atoms with Crippen molar-refractivity contribution in [2.75, 3.05) is 13.1 Å². The van der Waals surface area contributed by atoms with Crippen LogP contribution in [0.15, 0.2) is 52.7 Å². The lowest BCUT2D eigenvalue weighted by Gasteiger charge is -2.29.